The van der Waals surface area contributed by atoms with Crippen molar-refractivity contribution in [2.45, 2.75) is 19.1 Å². The van der Waals surface area contributed by atoms with Crippen LogP contribution in [0.4, 0.5) is 0 Å². The number of fused-ring (bicyclic) bond motifs is 1. The minimum atomic E-state index is -0.382. The summed E-state index contributed by atoms with van der Waals surface area (Å²) in [6.07, 6.45) is 0. The van der Waals surface area contributed by atoms with E-state index in [9.17, 15) is 9.59 Å². The monoisotopic (exact) mass is 235 g/mol. The largest absolute Gasteiger partial charge is 0.368 e. The molecule has 1 heterocycles. The topological polar surface area (TPSA) is 60.2 Å². The Kier molecular flexibility index (Phi) is 2.76. The maximum Gasteiger partial charge on any atom is 0.235 e. The number of carbonyl (C=O) groups excluding carboxylic acids is 2. The lowest BCUT2D eigenvalue weighted by molar-refractivity contribution is -0.117. The lowest BCUT2D eigenvalue weighted by atomic mass is 9.95. The third-order valence-corrected chi connectivity index (χ3v) is 4.14. The second kappa shape index (κ2) is 3.94. The molecule has 1 aliphatic rings. The number of thioether (sulfide) groups is 1. The molecule has 0 fully saturated rings. The van der Waals surface area contributed by atoms with E-state index in [0.717, 1.165) is 16.7 Å². The molecule has 0 saturated heterocycles. The maximum atomic E-state index is 11.7. The normalized spacial score (nSPS) is 19.4. The summed E-state index contributed by atoms with van der Waals surface area (Å²) in [5, 5.41) is -0.382. The van der Waals surface area contributed by atoms with Crippen LogP contribution in [0.15, 0.2) is 12.1 Å². The van der Waals surface area contributed by atoms with Crippen LogP contribution in [0.2, 0.25) is 0 Å². The molecule has 84 valence electrons. The molecule has 1 aliphatic heterocycles. The van der Waals surface area contributed by atoms with Crippen molar-refractivity contribution in [3.05, 3.63) is 34.4 Å². The minimum absolute atomic E-state index is 0.0839. The number of hydrogen-bond donors (Lipinski definition) is 1. The van der Waals surface area contributed by atoms with Gasteiger partial charge in [-0.15, -0.1) is 11.8 Å². The highest BCUT2D eigenvalue weighted by Gasteiger charge is 2.30. The van der Waals surface area contributed by atoms with E-state index in [1.807, 2.05) is 26.0 Å². The van der Waals surface area contributed by atoms with E-state index in [4.69, 9.17) is 5.73 Å². The molecule has 0 bridgehead atoms. The van der Waals surface area contributed by atoms with Crippen LogP contribution in [0.3, 0.4) is 0 Å². The van der Waals surface area contributed by atoms with Gasteiger partial charge in [0.1, 0.15) is 5.25 Å². The van der Waals surface area contributed by atoms with Crippen molar-refractivity contribution in [1.82, 2.24) is 0 Å². The van der Waals surface area contributed by atoms with Crippen LogP contribution >= 0.6 is 11.8 Å². The van der Waals surface area contributed by atoms with Crippen LogP contribution in [0.1, 0.15) is 32.3 Å². The molecule has 1 atom stereocenters. The highest BCUT2D eigenvalue weighted by atomic mass is 32.2. The van der Waals surface area contributed by atoms with Gasteiger partial charge >= 0.3 is 0 Å². The average molecular weight is 235 g/mol. The number of rotatable bonds is 1. The fourth-order valence-corrected chi connectivity index (χ4v) is 2.87. The highest BCUT2D eigenvalue weighted by molar-refractivity contribution is 8.01. The molecule has 1 amide bonds. The Bertz CT molecular complexity index is 482. The molecule has 0 spiro atoms. The zero-order valence-corrected chi connectivity index (χ0v) is 10.1. The van der Waals surface area contributed by atoms with Gasteiger partial charge in [-0.1, -0.05) is 6.07 Å². The molecule has 16 heavy (non-hydrogen) atoms. The van der Waals surface area contributed by atoms with Gasteiger partial charge in [0.25, 0.3) is 0 Å². The summed E-state index contributed by atoms with van der Waals surface area (Å²) >= 11 is 1.31. The molecule has 3 nitrogen and oxygen atoms in total. The Morgan fingerprint density at radius 3 is 2.62 bits per heavy atom. The number of ketones is 1. The Balaban J connectivity index is 2.61. The zero-order valence-electron chi connectivity index (χ0n) is 9.24. The number of primary amides is 1. The number of benzene rings is 1. The number of nitrogens with two attached hydrogens (primary N) is 1. The van der Waals surface area contributed by atoms with Crippen LogP contribution in [-0.4, -0.2) is 17.4 Å². The Hall–Kier alpha value is -1.29. The lowest BCUT2D eigenvalue weighted by Crippen LogP contribution is -2.26. The molecule has 1 unspecified atom stereocenters. The molecule has 4 heteroatoms. The standard InChI is InChI=1S/C12H13NO2S/c1-6-3-8-9(4-7(6)2)11(12(13)15)16-5-10(8)14/h3-4,11H,5H2,1-2H3,(H2,13,15). The second-order valence-electron chi connectivity index (χ2n) is 4.04. The number of hydrogen-bond acceptors (Lipinski definition) is 3. The molecule has 1 aromatic carbocycles. The van der Waals surface area contributed by atoms with E-state index in [-0.39, 0.29) is 16.9 Å². The summed E-state index contributed by atoms with van der Waals surface area (Å²) in [7, 11) is 0. The van der Waals surface area contributed by atoms with Gasteiger partial charge in [-0.3, -0.25) is 9.59 Å². The summed E-state index contributed by atoms with van der Waals surface area (Å²) in [6.45, 7) is 3.93. The van der Waals surface area contributed by atoms with Crippen LogP contribution in [0, 0.1) is 13.8 Å². The van der Waals surface area contributed by atoms with Crippen molar-refractivity contribution in [2.75, 3.05) is 5.75 Å². The zero-order chi connectivity index (χ0) is 11.9. The first kappa shape index (κ1) is 11.2. The molecule has 0 radical (unpaired) electrons. The van der Waals surface area contributed by atoms with Crippen molar-refractivity contribution >= 4 is 23.5 Å². The van der Waals surface area contributed by atoms with Crippen LogP contribution in [-0.2, 0) is 4.79 Å². The van der Waals surface area contributed by atoms with E-state index < -0.39 is 0 Å². The lowest BCUT2D eigenvalue weighted by Gasteiger charge is -2.23. The summed E-state index contributed by atoms with van der Waals surface area (Å²) in [4.78, 5) is 23.1. The minimum Gasteiger partial charge on any atom is -0.368 e. The van der Waals surface area contributed by atoms with Gasteiger partial charge in [0.2, 0.25) is 5.91 Å². The van der Waals surface area contributed by atoms with Gasteiger partial charge < -0.3 is 5.73 Å². The van der Waals surface area contributed by atoms with E-state index >= 15 is 0 Å². The number of Topliss-reactive ketones (excluding diaryl/α,β-unsaturated/α-hetero) is 1. The van der Waals surface area contributed by atoms with Crippen molar-refractivity contribution in [3.8, 4) is 0 Å². The van der Waals surface area contributed by atoms with Gasteiger partial charge in [-0.2, -0.15) is 0 Å². The van der Waals surface area contributed by atoms with Gasteiger partial charge in [-0.05, 0) is 36.6 Å². The second-order valence-corrected chi connectivity index (χ2v) is 5.13. The summed E-state index contributed by atoms with van der Waals surface area (Å²) in [5.41, 5.74) is 8.93. The van der Waals surface area contributed by atoms with Crippen LogP contribution < -0.4 is 5.73 Å². The summed E-state index contributed by atoms with van der Waals surface area (Å²) in [6, 6.07) is 3.77. The third kappa shape index (κ3) is 1.73. The third-order valence-electron chi connectivity index (χ3n) is 2.89. The maximum absolute atomic E-state index is 11.7. The highest BCUT2D eigenvalue weighted by Crippen LogP contribution is 2.37. The quantitative estimate of drug-likeness (QED) is 0.806. The fraction of sp³-hybridized carbons (Fsp3) is 0.333. The predicted molar refractivity (Wildman–Crippen MR) is 64.6 cm³/mol. The van der Waals surface area contributed by atoms with E-state index in [0.29, 0.717) is 11.3 Å². The number of aryl methyl sites for hydroxylation is 2. The molecule has 1 aromatic rings. The molecular weight excluding hydrogens is 222 g/mol. The summed E-state index contributed by atoms with van der Waals surface area (Å²) < 4.78 is 0. The van der Waals surface area contributed by atoms with Gasteiger partial charge in [0.15, 0.2) is 5.78 Å². The van der Waals surface area contributed by atoms with E-state index in [2.05, 4.69) is 0 Å². The van der Waals surface area contributed by atoms with Gasteiger partial charge in [-0.25, -0.2) is 0 Å². The van der Waals surface area contributed by atoms with E-state index in [1.54, 1.807) is 0 Å². The Morgan fingerprint density at radius 2 is 2.00 bits per heavy atom. The van der Waals surface area contributed by atoms with Gasteiger partial charge in [0, 0.05) is 5.56 Å². The summed E-state index contributed by atoms with van der Waals surface area (Å²) in [5.74, 6) is 0.0472. The van der Waals surface area contributed by atoms with Crippen LogP contribution in [0.25, 0.3) is 0 Å². The molecule has 2 N–H and O–H groups in total. The van der Waals surface area contributed by atoms with Crippen molar-refractivity contribution < 1.29 is 9.59 Å². The Morgan fingerprint density at radius 1 is 1.38 bits per heavy atom. The van der Waals surface area contributed by atoms with Crippen LogP contribution in [0.5, 0.6) is 0 Å². The molecule has 0 saturated carbocycles. The molecule has 0 aliphatic carbocycles. The van der Waals surface area contributed by atoms with Crippen molar-refractivity contribution in [3.63, 3.8) is 0 Å². The molecule has 2 rings (SSSR count). The number of carbonyl (C=O) groups is 2. The number of amides is 1. The van der Waals surface area contributed by atoms with Crippen molar-refractivity contribution in [2.24, 2.45) is 5.73 Å². The molecular formula is C12H13NO2S. The average Bonchev–Trinajstić information content (AvgIpc) is 2.21. The smallest absolute Gasteiger partial charge is 0.235 e. The molecule has 0 aromatic heterocycles. The SMILES string of the molecule is Cc1cc2c(cc1C)C(C(N)=O)SCC2=O. The fourth-order valence-electron chi connectivity index (χ4n) is 1.86. The predicted octanol–water partition coefficient (Wildman–Crippen LogP) is 1.76. The first-order chi connectivity index (χ1) is 7.50. The van der Waals surface area contributed by atoms with E-state index in [1.165, 1.54) is 11.8 Å². The first-order valence-corrected chi connectivity index (χ1v) is 6.11. The Labute approximate surface area is 98.4 Å². The van der Waals surface area contributed by atoms with Crippen molar-refractivity contribution in [1.29, 1.82) is 0 Å². The first-order valence-electron chi connectivity index (χ1n) is 5.06. The van der Waals surface area contributed by atoms with Gasteiger partial charge in [0.05, 0.1) is 5.75 Å².